The molecule has 2 saturated carbocycles. The Morgan fingerprint density at radius 1 is 1.00 bits per heavy atom. The molecule has 12 heteroatoms. The highest BCUT2D eigenvalue weighted by atomic mass is 19.3. The van der Waals surface area contributed by atoms with Crippen LogP contribution in [0.15, 0.2) is 0 Å². The number of fused-ring (bicyclic) bond motifs is 1. The van der Waals surface area contributed by atoms with Crippen molar-refractivity contribution in [3.63, 3.8) is 0 Å². The van der Waals surface area contributed by atoms with Crippen LogP contribution in [-0.4, -0.2) is 70.6 Å². The molecule has 1 saturated heterocycles. The van der Waals surface area contributed by atoms with E-state index in [4.69, 9.17) is 5.73 Å². The van der Waals surface area contributed by atoms with Crippen LogP contribution in [-0.2, 0) is 19.2 Å². The lowest BCUT2D eigenvalue weighted by Gasteiger charge is -2.39. The molecule has 0 spiro atoms. The Hall–Kier alpha value is -2.79. The van der Waals surface area contributed by atoms with Gasteiger partial charge in [-0.15, -0.1) is 0 Å². The van der Waals surface area contributed by atoms with Crippen LogP contribution in [0.5, 0.6) is 0 Å². The molecular formula is C27H43F2N5O5. The quantitative estimate of drug-likeness (QED) is 0.338. The lowest BCUT2D eigenvalue weighted by molar-refractivity contribution is -0.146. The number of primary amides is 1. The van der Waals surface area contributed by atoms with Gasteiger partial charge in [-0.1, -0.05) is 34.6 Å². The molecule has 3 rings (SSSR count). The van der Waals surface area contributed by atoms with Crippen molar-refractivity contribution in [1.82, 2.24) is 20.9 Å². The number of carbonyl (C=O) groups excluding carboxylic acids is 5. The van der Waals surface area contributed by atoms with Crippen molar-refractivity contribution in [2.45, 2.75) is 104 Å². The molecule has 0 bridgehead atoms. The van der Waals surface area contributed by atoms with Gasteiger partial charge >= 0.3 is 6.03 Å². The van der Waals surface area contributed by atoms with Crippen LogP contribution in [0.1, 0.15) is 74.7 Å². The largest absolute Gasteiger partial charge is 0.363 e. The maximum absolute atomic E-state index is 13.9. The molecule has 0 aromatic heterocycles. The number of halogens is 2. The highest BCUT2D eigenvalue weighted by Gasteiger charge is 2.70. The monoisotopic (exact) mass is 555 g/mol. The lowest BCUT2D eigenvalue weighted by Crippen LogP contribution is -2.62. The Morgan fingerprint density at radius 2 is 1.56 bits per heavy atom. The summed E-state index contributed by atoms with van der Waals surface area (Å²) in [7, 11) is 0. The number of rotatable bonds is 8. The highest BCUT2D eigenvalue weighted by molar-refractivity contribution is 6.37. The summed E-state index contributed by atoms with van der Waals surface area (Å²) in [5.74, 6) is -6.96. The lowest BCUT2D eigenvalue weighted by atomic mass is 9.77. The number of hydrogen-bond acceptors (Lipinski definition) is 5. The first-order chi connectivity index (χ1) is 17.5. The van der Waals surface area contributed by atoms with Crippen molar-refractivity contribution in [1.29, 1.82) is 0 Å². The molecule has 3 fully saturated rings. The summed E-state index contributed by atoms with van der Waals surface area (Å²) in [5, 5.41) is 8.11. The number of ketones is 1. The third kappa shape index (κ3) is 6.69. The Kier molecular flexibility index (Phi) is 7.88. The molecule has 1 heterocycles. The van der Waals surface area contributed by atoms with E-state index < -0.39 is 83.3 Å². The number of nitrogens with two attached hydrogens (primary N) is 1. The van der Waals surface area contributed by atoms with Gasteiger partial charge in [0.15, 0.2) is 0 Å². The number of likely N-dealkylation sites (tertiary alicyclic amines) is 1. The van der Waals surface area contributed by atoms with Crippen LogP contribution in [0.3, 0.4) is 0 Å². The topological polar surface area (TPSA) is 151 Å². The minimum atomic E-state index is -2.83. The SMILES string of the molecule is CC(C)(C)NC(=O)NC(C(=O)N1C[C@H]2[C@@H](C1C(=O)N[C@@H](CC1CC(F)(F)C1)C(=O)C(N)=O)C2(C)C)C(C)(C)C. The van der Waals surface area contributed by atoms with Gasteiger partial charge in [-0.05, 0) is 55.8 Å². The molecule has 5 amide bonds. The summed E-state index contributed by atoms with van der Waals surface area (Å²) in [6.45, 7) is 15.1. The van der Waals surface area contributed by atoms with E-state index in [0.29, 0.717) is 0 Å². The Balaban J connectivity index is 1.83. The summed E-state index contributed by atoms with van der Waals surface area (Å²) in [6, 6.07) is -3.80. The van der Waals surface area contributed by atoms with Gasteiger partial charge in [0.05, 0.1) is 6.04 Å². The van der Waals surface area contributed by atoms with Gasteiger partial charge in [-0.25, -0.2) is 13.6 Å². The van der Waals surface area contributed by atoms with Gasteiger partial charge < -0.3 is 26.6 Å². The molecule has 10 nitrogen and oxygen atoms in total. The highest BCUT2D eigenvalue weighted by Crippen LogP contribution is 2.65. The fourth-order valence-electron chi connectivity index (χ4n) is 6.08. The summed E-state index contributed by atoms with van der Waals surface area (Å²) >= 11 is 0. The fourth-order valence-corrected chi connectivity index (χ4v) is 6.08. The fraction of sp³-hybridized carbons (Fsp3) is 0.815. The zero-order chi connectivity index (χ0) is 29.9. The third-order valence-electron chi connectivity index (χ3n) is 8.26. The van der Waals surface area contributed by atoms with Crippen molar-refractivity contribution >= 4 is 29.5 Å². The first kappa shape index (κ1) is 30.7. The van der Waals surface area contributed by atoms with Crippen molar-refractivity contribution in [3.8, 4) is 0 Å². The van der Waals surface area contributed by atoms with Crippen LogP contribution in [0.2, 0.25) is 0 Å². The van der Waals surface area contributed by atoms with Crippen LogP contribution < -0.4 is 21.7 Å². The predicted molar refractivity (Wildman–Crippen MR) is 139 cm³/mol. The van der Waals surface area contributed by atoms with E-state index in [9.17, 15) is 32.8 Å². The van der Waals surface area contributed by atoms with E-state index in [1.165, 1.54) is 4.90 Å². The Labute approximate surface area is 228 Å². The van der Waals surface area contributed by atoms with Crippen LogP contribution >= 0.6 is 0 Å². The maximum Gasteiger partial charge on any atom is 0.315 e. The van der Waals surface area contributed by atoms with Crippen molar-refractivity contribution < 1.29 is 32.8 Å². The number of nitrogens with one attached hydrogen (secondary N) is 3. The summed E-state index contributed by atoms with van der Waals surface area (Å²) in [6.07, 6.45) is -1.01. The van der Waals surface area contributed by atoms with E-state index in [-0.39, 0.29) is 30.2 Å². The standard InChI is InChI=1S/C27H43F2N5O5/c1-24(2,3)19(32-23(39)33-25(4,5)6)22(38)34-12-14-16(26(14,7)8)17(34)21(37)31-15(18(35)20(30)36)9-13-10-27(28,29)11-13/h13-17,19H,9-12H2,1-8H3,(H2,30,36)(H,31,37)(H2,32,33,39)/t14-,15-,16-,17?,19?/m0/s1. The number of piperidine rings is 1. The smallest absolute Gasteiger partial charge is 0.315 e. The molecule has 5 N–H and O–H groups in total. The molecule has 3 aliphatic rings. The predicted octanol–water partition coefficient (Wildman–Crippen LogP) is 1.96. The van der Waals surface area contributed by atoms with E-state index in [1.807, 2.05) is 34.6 Å². The average Bonchev–Trinajstić information content (AvgIpc) is 3.06. The molecule has 5 atom stereocenters. The average molecular weight is 556 g/mol. The molecule has 0 aromatic rings. The maximum atomic E-state index is 13.9. The van der Waals surface area contributed by atoms with Crippen LogP contribution in [0.25, 0.3) is 0 Å². The summed E-state index contributed by atoms with van der Waals surface area (Å²) < 4.78 is 26.8. The molecule has 0 radical (unpaired) electrons. The molecule has 0 aromatic carbocycles. The number of carbonyl (C=O) groups is 5. The molecular weight excluding hydrogens is 512 g/mol. The zero-order valence-corrected chi connectivity index (χ0v) is 24.1. The van der Waals surface area contributed by atoms with Crippen LogP contribution in [0.4, 0.5) is 13.6 Å². The second kappa shape index (κ2) is 9.99. The number of hydrogen-bond donors (Lipinski definition) is 4. The molecule has 2 aliphatic carbocycles. The van der Waals surface area contributed by atoms with Gasteiger partial charge in [-0.2, -0.15) is 0 Å². The first-order valence-electron chi connectivity index (χ1n) is 13.5. The number of urea groups is 1. The van der Waals surface area contributed by atoms with Gasteiger partial charge in [0.2, 0.25) is 23.5 Å². The Bertz CT molecular complexity index is 1040. The van der Waals surface area contributed by atoms with E-state index in [1.54, 1.807) is 20.8 Å². The number of amides is 5. The molecule has 2 unspecified atom stereocenters. The number of Topliss-reactive ketones (excluding diaryl/α,β-unsaturated/α-hetero) is 1. The third-order valence-corrected chi connectivity index (χ3v) is 8.26. The summed E-state index contributed by atoms with van der Waals surface area (Å²) in [4.78, 5) is 65.9. The normalized spacial score (nSPS) is 26.9. The van der Waals surface area contributed by atoms with Gasteiger partial charge in [0.25, 0.3) is 5.91 Å². The second-order valence-electron chi connectivity index (χ2n) is 14.2. The van der Waals surface area contributed by atoms with Gasteiger partial charge in [0.1, 0.15) is 12.1 Å². The molecule has 220 valence electrons. The van der Waals surface area contributed by atoms with Crippen molar-refractivity contribution in [2.75, 3.05) is 6.54 Å². The number of alkyl halides is 2. The second-order valence-corrected chi connectivity index (χ2v) is 14.2. The minimum absolute atomic E-state index is 0.0248. The molecule has 39 heavy (non-hydrogen) atoms. The van der Waals surface area contributed by atoms with Gasteiger partial charge in [0, 0.05) is 24.9 Å². The van der Waals surface area contributed by atoms with Crippen LogP contribution in [0, 0.1) is 28.6 Å². The minimum Gasteiger partial charge on any atom is -0.363 e. The van der Waals surface area contributed by atoms with E-state index in [2.05, 4.69) is 16.0 Å². The van der Waals surface area contributed by atoms with E-state index >= 15 is 0 Å². The van der Waals surface area contributed by atoms with E-state index in [0.717, 1.165) is 0 Å². The first-order valence-corrected chi connectivity index (χ1v) is 13.5. The zero-order valence-electron chi connectivity index (χ0n) is 24.1. The Morgan fingerprint density at radius 3 is 2.03 bits per heavy atom. The van der Waals surface area contributed by atoms with Crippen molar-refractivity contribution in [3.05, 3.63) is 0 Å². The molecule has 1 aliphatic heterocycles. The van der Waals surface area contributed by atoms with Gasteiger partial charge in [-0.3, -0.25) is 19.2 Å². The number of nitrogens with zero attached hydrogens (tertiary/aromatic N) is 1. The summed E-state index contributed by atoms with van der Waals surface area (Å²) in [5.41, 5.74) is 3.71. The van der Waals surface area contributed by atoms with Crippen molar-refractivity contribution in [2.24, 2.45) is 34.3 Å².